The molecule has 0 fully saturated rings. The van der Waals surface area contributed by atoms with Gasteiger partial charge in [-0.1, -0.05) is 19.9 Å². The van der Waals surface area contributed by atoms with Crippen molar-refractivity contribution in [3.05, 3.63) is 24.3 Å². The fraction of sp³-hybridized carbons (Fsp3) is 0.467. The summed E-state index contributed by atoms with van der Waals surface area (Å²) in [6, 6.07) is 7.18. The van der Waals surface area contributed by atoms with Gasteiger partial charge in [0.1, 0.15) is 5.75 Å². The van der Waals surface area contributed by atoms with E-state index in [-0.39, 0.29) is 18.7 Å². The lowest BCUT2D eigenvalue weighted by Gasteiger charge is -2.25. The van der Waals surface area contributed by atoms with Gasteiger partial charge in [-0.15, -0.1) is 0 Å². The Hall–Kier alpha value is -2.04. The molecule has 0 aliphatic heterocycles. The van der Waals surface area contributed by atoms with Gasteiger partial charge in [-0.3, -0.25) is 9.59 Å². The number of aliphatic carboxylic acids is 1. The minimum absolute atomic E-state index is 0.0370. The summed E-state index contributed by atoms with van der Waals surface area (Å²) in [6.45, 7) is 3.55. The van der Waals surface area contributed by atoms with Crippen molar-refractivity contribution in [3.8, 4) is 5.75 Å². The lowest BCUT2D eigenvalue weighted by atomic mass is 9.85. The third kappa shape index (κ3) is 4.57. The van der Waals surface area contributed by atoms with Gasteiger partial charge in [0.25, 0.3) is 0 Å². The monoisotopic (exact) mass is 279 g/mol. The number of ether oxygens (including phenoxy) is 1. The van der Waals surface area contributed by atoms with Crippen LogP contribution in [-0.2, 0) is 9.59 Å². The third-order valence-electron chi connectivity index (χ3n) is 3.07. The van der Waals surface area contributed by atoms with Crippen molar-refractivity contribution in [2.45, 2.75) is 26.7 Å². The number of nitrogens with zero attached hydrogens (tertiary/aromatic N) is 1. The van der Waals surface area contributed by atoms with Crippen LogP contribution >= 0.6 is 0 Å². The van der Waals surface area contributed by atoms with Gasteiger partial charge in [-0.05, 0) is 17.5 Å². The molecular weight excluding hydrogens is 258 g/mol. The minimum atomic E-state index is -0.896. The predicted molar refractivity (Wildman–Crippen MR) is 77.1 cm³/mol. The maximum atomic E-state index is 12.2. The number of carboxylic acids is 1. The second-order valence-electron chi connectivity index (χ2n) is 5.57. The molecule has 0 saturated heterocycles. The Kier molecular flexibility index (Phi) is 5.13. The normalized spacial score (nSPS) is 11.0. The first-order chi connectivity index (χ1) is 9.25. The Morgan fingerprint density at radius 2 is 1.95 bits per heavy atom. The van der Waals surface area contributed by atoms with Gasteiger partial charge in [-0.2, -0.15) is 0 Å². The smallest absolute Gasteiger partial charge is 0.303 e. The average molecular weight is 279 g/mol. The van der Waals surface area contributed by atoms with Crippen LogP contribution in [0.3, 0.4) is 0 Å². The zero-order valence-corrected chi connectivity index (χ0v) is 12.3. The molecule has 1 N–H and O–H groups in total. The third-order valence-corrected chi connectivity index (χ3v) is 3.07. The average Bonchev–Trinajstić information content (AvgIpc) is 2.35. The second-order valence-corrected chi connectivity index (χ2v) is 5.57. The van der Waals surface area contributed by atoms with Crippen LogP contribution in [0.25, 0.3) is 0 Å². The summed E-state index contributed by atoms with van der Waals surface area (Å²) in [4.78, 5) is 24.5. The quantitative estimate of drug-likeness (QED) is 0.869. The Balaban J connectivity index is 2.78. The van der Waals surface area contributed by atoms with Crippen LogP contribution in [-0.4, -0.2) is 31.1 Å². The standard InChI is InChI=1S/C15H21NO4/c1-15(2,10-14(18)19)9-13(17)16(3)11-6-5-7-12(8-11)20-4/h5-8H,9-10H2,1-4H3,(H,18,19). The number of anilines is 1. The van der Waals surface area contributed by atoms with Crippen LogP contribution in [0.5, 0.6) is 5.75 Å². The molecule has 0 unspecified atom stereocenters. The van der Waals surface area contributed by atoms with E-state index in [1.54, 1.807) is 46.2 Å². The molecule has 1 aromatic carbocycles. The number of carbonyl (C=O) groups is 2. The number of carboxylic acid groups (broad SMARTS) is 1. The molecule has 0 aliphatic carbocycles. The Labute approximate surface area is 119 Å². The van der Waals surface area contributed by atoms with Gasteiger partial charge in [0, 0.05) is 25.2 Å². The largest absolute Gasteiger partial charge is 0.497 e. The van der Waals surface area contributed by atoms with Crippen molar-refractivity contribution >= 4 is 17.6 Å². The number of amides is 1. The molecule has 5 nitrogen and oxygen atoms in total. The Morgan fingerprint density at radius 3 is 2.50 bits per heavy atom. The zero-order chi connectivity index (χ0) is 15.3. The van der Waals surface area contributed by atoms with E-state index in [0.717, 1.165) is 5.69 Å². The molecule has 0 aliphatic rings. The highest BCUT2D eigenvalue weighted by Crippen LogP contribution is 2.28. The number of hydrogen-bond acceptors (Lipinski definition) is 3. The summed E-state index contributed by atoms with van der Waals surface area (Å²) in [7, 11) is 3.24. The molecule has 1 amide bonds. The molecule has 110 valence electrons. The van der Waals surface area contributed by atoms with E-state index in [9.17, 15) is 9.59 Å². The van der Waals surface area contributed by atoms with E-state index in [0.29, 0.717) is 5.75 Å². The van der Waals surface area contributed by atoms with Crippen LogP contribution in [0.4, 0.5) is 5.69 Å². The first-order valence-electron chi connectivity index (χ1n) is 6.37. The minimum Gasteiger partial charge on any atom is -0.497 e. The molecule has 0 aromatic heterocycles. The molecule has 1 rings (SSSR count). The lowest BCUT2D eigenvalue weighted by Crippen LogP contribution is -2.31. The number of methoxy groups -OCH3 is 1. The molecule has 0 spiro atoms. The fourth-order valence-corrected chi connectivity index (χ4v) is 1.96. The summed E-state index contributed by atoms with van der Waals surface area (Å²) in [5, 5.41) is 8.84. The van der Waals surface area contributed by atoms with Crippen molar-refractivity contribution in [1.29, 1.82) is 0 Å². The molecule has 0 radical (unpaired) electrons. The summed E-state index contributed by atoms with van der Waals surface area (Å²) in [5.74, 6) is -0.344. The number of rotatable bonds is 6. The van der Waals surface area contributed by atoms with E-state index >= 15 is 0 Å². The molecule has 5 heteroatoms. The Morgan fingerprint density at radius 1 is 1.30 bits per heavy atom. The maximum absolute atomic E-state index is 12.2. The summed E-state index contributed by atoms with van der Waals surface area (Å²) in [5.41, 5.74) is 0.149. The first-order valence-corrected chi connectivity index (χ1v) is 6.37. The molecule has 1 aromatic rings. The summed E-state index contributed by atoms with van der Waals surface area (Å²) >= 11 is 0. The van der Waals surface area contributed by atoms with Crippen LogP contribution in [0, 0.1) is 5.41 Å². The zero-order valence-electron chi connectivity index (χ0n) is 12.3. The molecule has 0 saturated carbocycles. The van der Waals surface area contributed by atoms with E-state index in [4.69, 9.17) is 9.84 Å². The highest BCUT2D eigenvalue weighted by atomic mass is 16.5. The van der Waals surface area contributed by atoms with Gasteiger partial charge in [-0.25, -0.2) is 0 Å². The molecular formula is C15H21NO4. The van der Waals surface area contributed by atoms with Crippen LogP contribution < -0.4 is 9.64 Å². The van der Waals surface area contributed by atoms with Gasteiger partial charge in [0.05, 0.1) is 13.5 Å². The first kappa shape index (κ1) is 16.0. The summed E-state index contributed by atoms with van der Waals surface area (Å²) in [6.07, 6.45) is 0.137. The molecule has 20 heavy (non-hydrogen) atoms. The van der Waals surface area contributed by atoms with E-state index in [1.807, 2.05) is 6.07 Å². The van der Waals surface area contributed by atoms with Crippen LogP contribution in [0.2, 0.25) is 0 Å². The van der Waals surface area contributed by atoms with Gasteiger partial charge < -0.3 is 14.7 Å². The SMILES string of the molecule is COc1cccc(N(C)C(=O)CC(C)(C)CC(=O)O)c1. The number of hydrogen-bond donors (Lipinski definition) is 1. The van der Waals surface area contributed by atoms with Crippen molar-refractivity contribution in [2.75, 3.05) is 19.1 Å². The van der Waals surface area contributed by atoms with Gasteiger partial charge in [0.15, 0.2) is 0 Å². The lowest BCUT2D eigenvalue weighted by molar-refractivity contribution is -0.139. The molecule has 0 bridgehead atoms. The molecule has 0 atom stereocenters. The van der Waals surface area contributed by atoms with Crippen molar-refractivity contribution in [3.63, 3.8) is 0 Å². The van der Waals surface area contributed by atoms with Crippen molar-refractivity contribution < 1.29 is 19.4 Å². The van der Waals surface area contributed by atoms with Gasteiger partial charge >= 0.3 is 5.97 Å². The van der Waals surface area contributed by atoms with Crippen molar-refractivity contribution in [1.82, 2.24) is 0 Å². The fourth-order valence-electron chi connectivity index (χ4n) is 1.96. The summed E-state index contributed by atoms with van der Waals surface area (Å²) < 4.78 is 5.12. The highest BCUT2D eigenvalue weighted by molar-refractivity contribution is 5.93. The highest BCUT2D eigenvalue weighted by Gasteiger charge is 2.27. The van der Waals surface area contributed by atoms with Crippen LogP contribution in [0.1, 0.15) is 26.7 Å². The number of benzene rings is 1. The predicted octanol–water partition coefficient (Wildman–Crippen LogP) is 2.55. The van der Waals surface area contributed by atoms with Crippen molar-refractivity contribution in [2.24, 2.45) is 5.41 Å². The molecule has 0 heterocycles. The number of carbonyl (C=O) groups excluding carboxylic acids is 1. The second kappa shape index (κ2) is 6.41. The van der Waals surface area contributed by atoms with E-state index < -0.39 is 11.4 Å². The topological polar surface area (TPSA) is 66.8 Å². The van der Waals surface area contributed by atoms with Crippen LogP contribution in [0.15, 0.2) is 24.3 Å². The van der Waals surface area contributed by atoms with E-state index in [1.165, 1.54) is 4.90 Å². The van der Waals surface area contributed by atoms with E-state index in [2.05, 4.69) is 0 Å². The Bertz CT molecular complexity index is 496. The maximum Gasteiger partial charge on any atom is 0.303 e. The van der Waals surface area contributed by atoms with Gasteiger partial charge in [0.2, 0.25) is 5.91 Å².